The molecule has 0 aromatic heterocycles. The smallest absolute Gasteiger partial charge is 0.267 e. The van der Waals surface area contributed by atoms with Crippen molar-refractivity contribution in [2.45, 2.75) is 26.3 Å². The molecule has 1 amide bonds. The van der Waals surface area contributed by atoms with Gasteiger partial charge < -0.3 is 0 Å². The number of hydrazine groups is 1. The van der Waals surface area contributed by atoms with E-state index in [9.17, 15) is 9.28 Å². The molecule has 0 aliphatic rings. The first kappa shape index (κ1) is 12.9. The van der Waals surface area contributed by atoms with Crippen molar-refractivity contribution in [3.63, 3.8) is 0 Å². The number of rotatable bonds is 2. The zero-order valence-electron chi connectivity index (χ0n) is 9.42. The van der Waals surface area contributed by atoms with Crippen LogP contribution < -0.4 is 5.65 Å². The van der Waals surface area contributed by atoms with E-state index in [1.54, 1.807) is 45.0 Å². The Morgan fingerprint density at radius 3 is 2.38 bits per heavy atom. The molecule has 0 radical (unpaired) electrons. The summed E-state index contributed by atoms with van der Waals surface area (Å²) in [5.74, 6) is -0.499. The Balaban J connectivity index is 3.06. The van der Waals surface area contributed by atoms with Crippen LogP contribution in [0.15, 0.2) is 24.3 Å². The van der Waals surface area contributed by atoms with Gasteiger partial charge >= 0.3 is 0 Å². The van der Waals surface area contributed by atoms with Crippen LogP contribution in [0, 0.1) is 0 Å². The van der Waals surface area contributed by atoms with Crippen LogP contribution in [0.1, 0.15) is 31.1 Å². The molecule has 0 aliphatic heterocycles. The molecule has 1 aromatic rings. The van der Waals surface area contributed by atoms with Gasteiger partial charge in [-0.1, -0.05) is 29.4 Å². The molecule has 0 unspecified atom stereocenters. The fourth-order valence-electron chi connectivity index (χ4n) is 1.22. The number of hydrogen-bond acceptors (Lipinski definition) is 2. The topological polar surface area (TPSA) is 32.3 Å². The van der Waals surface area contributed by atoms with Gasteiger partial charge in [-0.05, 0) is 32.9 Å². The number of carbonyl (C=O) groups excluding carboxylic acids is 1. The summed E-state index contributed by atoms with van der Waals surface area (Å²) >= 11 is 5.87. The van der Waals surface area contributed by atoms with E-state index in [4.69, 9.17) is 11.6 Å². The molecule has 1 rings (SSSR count). The predicted octanol–water partition coefficient (Wildman–Crippen LogP) is 2.97. The maximum Gasteiger partial charge on any atom is 0.271 e. The molecule has 0 heterocycles. The van der Waals surface area contributed by atoms with E-state index in [2.05, 4.69) is 0 Å². The number of hydrogen-bond donors (Lipinski definition) is 1. The number of nitrogens with zero attached hydrogens (tertiary/aromatic N) is 1. The molecule has 0 saturated heterocycles. The molecule has 0 atom stereocenters. The molecule has 3 nitrogen and oxygen atoms in total. The van der Waals surface area contributed by atoms with Crippen molar-refractivity contribution in [2.75, 3.05) is 0 Å². The molecule has 5 heteroatoms. The van der Waals surface area contributed by atoms with E-state index in [0.29, 0.717) is 5.02 Å². The van der Waals surface area contributed by atoms with Crippen LogP contribution in [-0.2, 0) is 0 Å². The lowest BCUT2D eigenvalue weighted by Crippen LogP contribution is -2.51. The van der Waals surface area contributed by atoms with Gasteiger partial charge in [0.1, 0.15) is 0 Å². The molecular weight excluding hydrogens is 231 g/mol. The second-order valence-electron chi connectivity index (χ2n) is 4.38. The molecular formula is C11H14ClFN2O. The first-order valence-corrected chi connectivity index (χ1v) is 5.21. The van der Waals surface area contributed by atoms with E-state index in [1.165, 1.54) is 5.65 Å². The fraction of sp³-hybridized carbons (Fsp3) is 0.364. The summed E-state index contributed by atoms with van der Waals surface area (Å²) in [5, 5.41) is 1.20. The van der Waals surface area contributed by atoms with Crippen LogP contribution in [0.2, 0.25) is 5.02 Å². The van der Waals surface area contributed by atoms with Gasteiger partial charge in [0.2, 0.25) is 0 Å². The minimum absolute atomic E-state index is 0.268. The van der Waals surface area contributed by atoms with E-state index in [0.717, 1.165) is 5.01 Å². The summed E-state index contributed by atoms with van der Waals surface area (Å²) in [6.45, 7) is 5.15. The summed E-state index contributed by atoms with van der Waals surface area (Å²) < 4.78 is 12.6. The van der Waals surface area contributed by atoms with Crippen LogP contribution >= 0.6 is 11.6 Å². The van der Waals surface area contributed by atoms with Crippen molar-refractivity contribution >= 4 is 17.5 Å². The minimum Gasteiger partial charge on any atom is -0.267 e. The molecule has 0 saturated carbocycles. The number of halogens is 2. The second kappa shape index (κ2) is 4.80. The van der Waals surface area contributed by atoms with Crippen LogP contribution in [0.4, 0.5) is 4.48 Å². The second-order valence-corrected chi connectivity index (χ2v) is 4.78. The quantitative estimate of drug-likeness (QED) is 0.641. The third-order valence-corrected chi connectivity index (χ3v) is 2.39. The van der Waals surface area contributed by atoms with Crippen LogP contribution in [0.5, 0.6) is 0 Å². The largest absolute Gasteiger partial charge is 0.271 e. The number of amides is 1. The number of nitrogens with one attached hydrogen (secondary N) is 1. The van der Waals surface area contributed by atoms with Gasteiger partial charge in [0.05, 0.1) is 16.1 Å². The molecule has 0 fully saturated rings. The molecule has 0 bridgehead atoms. The monoisotopic (exact) mass is 244 g/mol. The van der Waals surface area contributed by atoms with E-state index < -0.39 is 11.4 Å². The van der Waals surface area contributed by atoms with Crippen molar-refractivity contribution in [1.82, 2.24) is 10.7 Å². The summed E-state index contributed by atoms with van der Waals surface area (Å²) in [6, 6.07) is 6.54. The van der Waals surface area contributed by atoms with Gasteiger partial charge in [-0.2, -0.15) is 0 Å². The van der Waals surface area contributed by atoms with Crippen molar-refractivity contribution in [3.8, 4) is 0 Å². The van der Waals surface area contributed by atoms with Crippen molar-refractivity contribution in [1.29, 1.82) is 0 Å². The number of carbonyl (C=O) groups is 1. The molecule has 16 heavy (non-hydrogen) atoms. The van der Waals surface area contributed by atoms with Crippen LogP contribution in [-0.4, -0.2) is 16.5 Å². The molecule has 1 N–H and O–H groups in total. The lowest BCUT2D eigenvalue weighted by molar-refractivity contribution is -0.00139. The third kappa shape index (κ3) is 2.71. The summed E-state index contributed by atoms with van der Waals surface area (Å²) in [4.78, 5) is 12.0. The van der Waals surface area contributed by atoms with Gasteiger partial charge in [-0.25, -0.2) is 5.01 Å². The summed E-state index contributed by atoms with van der Waals surface area (Å²) in [6.07, 6.45) is 0. The third-order valence-electron chi connectivity index (χ3n) is 2.06. The Labute approximate surface area is 99.1 Å². The average Bonchev–Trinajstić information content (AvgIpc) is 2.17. The molecule has 0 spiro atoms. The highest BCUT2D eigenvalue weighted by Crippen LogP contribution is 2.20. The maximum atomic E-state index is 12.6. The molecule has 1 aromatic carbocycles. The van der Waals surface area contributed by atoms with Gasteiger partial charge in [0, 0.05) is 0 Å². The molecule has 88 valence electrons. The van der Waals surface area contributed by atoms with E-state index in [1.807, 2.05) is 0 Å². The van der Waals surface area contributed by atoms with E-state index >= 15 is 0 Å². The van der Waals surface area contributed by atoms with Crippen molar-refractivity contribution in [3.05, 3.63) is 34.9 Å². The fourth-order valence-corrected chi connectivity index (χ4v) is 1.44. The lowest BCUT2D eigenvalue weighted by atomic mass is 10.1. The maximum absolute atomic E-state index is 12.6. The highest BCUT2D eigenvalue weighted by atomic mass is 35.5. The Kier molecular flexibility index (Phi) is 3.88. The average molecular weight is 245 g/mol. The zero-order valence-corrected chi connectivity index (χ0v) is 10.2. The van der Waals surface area contributed by atoms with Crippen molar-refractivity contribution in [2.24, 2.45) is 0 Å². The summed E-state index contributed by atoms with van der Waals surface area (Å²) in [7, 11) is 0. The van der Waals surface area contributed by atoms with Crippen LogP contribution in [0.25, 0.3) is 0 Å². The SMILES string of the molecule is CC(C)(C)N(NF)C(=O)c1ccccc1Cl. The number of benzene rings is 1. The van der Waals surface area contributed by atoms with E-state index in [-0.39, 0.29) is 5.56 Å². The zero-order chi connectivity index (χ0) is 12.3. The summed E-state index contributed by atoms with van der Waals surface area (Å²) in [5.41, 5.74) is 0.985. The Morgan fingerprint density at radius 2 is 1.94 bits per heavy atom. The van der Waals surface area contributed by atoms with Crippen molar-refractivity contribution < 1.29 is 9.28 Å². The first-order valence-electron chi connectivity index (χ1n) is 4.83. The highest BCUT2D eigenvalue weighted by Gasteiger charge is 2.28. The van der Waals surface area contributed by atoms with Gasteiger partial charge in [0.15, 0.2) is 0 Å². The lowest BCUT2D eigenvalue weighted by Gasteiger charge is -2.32. The van der Waals surface area contributed by atoms with Crippen LogP contribution in [0.3, 0.4) is 0 Å². The normalized spacial score (nSPS) is 11.3. The minimum atomic E-state index is -0.676. The van der Waals surface area contributed by atoms with Gasteiger partial charge in [-0.3, -0.25) is 4.79 Å². The highest BCUT2D eigenvalue weighted by molar-refractivity contribution is 6.33. The van der Waals surface area contributed by atoms with Gasteiger partial charge in [-0.15, -0.1) is 4.48 Å². The Hall–Kier alpha value is -1.13. The Bertz CT molecular complexity index is 390. The standard InChI is InChI=1S/C11H14ClFN2O/c1-11(2,3)15(14-13)10(16)8-6-4-5-7-9(8)12/h4-7,14H,1-3H3. The van der Waals surface area contributed by atoms with Gasteiger partial charge in [0.25, 0.3) is 5.91 Å². The predicted molar refractivity (Wildman–Crippen MR) is 61.6 cm³/mol. The molecule has 0 aliphatic carbocycles. The first-order chi connectivity index (χ1) is 7.38. The Morgan fingerprint density at radius 1 is 1.38 bits per heavy atom.